The van der Waals surface area contributed by atoms with E-state index in [1.54, 1.807) is 0 Å². The van der Waals surface area contributed by atoms with E-state index in [4.69, 9.17) is 0 Å². The highest BCUT2D eigenvalue weighted by molar-refractivity contribution is 5.57. The minimum atomic E-state index is 0.468. The quantitative estimate of drug-likeness (QED) is 0.425. The van der Waals surface area contributed by atoms with Gasteiger partial charge in [-0.2, -0.15) is 0 Å². The van der Waals surface area contributed by atoms with Crippen LogP contribution in [0.4, 0.5) is 0 Å². The SMILES string of the molecule is CC(C)CCCCC=NC(C)C. The van der Waals surface area contributed by atoms with Crippen LogP contribution in [0.2, 0.25) is 0 Å². The summed E-state index contributed by atoms with van der Waals surface area (Å²) < 4.78 is 0. The maximum absolute atomic E-state index is 4.32. The van der Waals surface area contributed by atoms with Crippen molar-refractivity contribution in [3.63, 3.8) is 0 Å². The van der Waals surface area contributed by atoms with Crippen molar-refractivity contribution >= 4 is 6.21 Å². The number of rotatable bonds is 6. The van der Waals surface area contributed by atoms with Gasteiger partial charge in [0.2, 0.25) is 0 Å². The standard InChI is InChI=1S/C11H23N/c1-10(2)8-6-5-7-9-12-11(3)4/h9-11H,5-8H2,1-4H3. The van der Waals surface area contributed by atoms with E-state index in [9.17, 15) is 0 Å². The fourth-order valence-corrected chi connectivity index (χ4v) is 1.07. The van der Waals surface area contributed by atoms with Crippen LogP contribution in [-0.4, -0.2) is 12.3 Å². The minimum absolute atomic E-state index is 0.468. The molecule has 0 aromatic heterocycles. The first-order valence-corrected chi connectivity index (χ1v) is 5.14. The highest BCUT2D eigenvalue weighted by Gasteiger charge is 1.92. The lowest BCUT2D eigenvalue weighted by Gasteiger charge is -2.01. The molecule has 0 aromatic carbocycles. The molecular formula is C11H23N. The number of hydrogen-bond donors (Lipinski definition) is 0. The number of unbranched alkanes of at least 4 members (excludes halogenated alkanes) is 2. The largest absolute Gasteiger partial charge is 0.295 e. The van der Waals surface area contributed by atoms with Crippen LogP contribution in [-0.2, 0) is 0 Å². The monoisotopic (exact) mass is 169 g/mol. The Labute approximate surface area is 77.3 Å². The van der Waals surface area contributed by atoms with Gasteiger partial charge in [0.25, 0.3) is 0 Å². The third-order valence-corrected chi connectivity index (χ3v) is 1.77. The van der Waals surface area contributed by atoms with Gasteiger partial charge in [-0.25, -0.2) is 0 Å². The second-order valence-corrected chi connectivity index (χ2v) is 4.10. The summed E-state index contributed by atoms with van der Waals surface area (Å²) in [5.41, 5.74) is 0. The zero-order valence-corrected chi connectivity index (χ0v) is 9.01. The Hall–Kier alpha value is -0.330. The summed E-state index contributed by atoms with van der Waals surface area (Å²) in [7, 11) is 0. The fraction of sp³-hybridized carbons (Fsp3) is 0.909. The smallest absolute Gasteiger partial charge is 0.0439 e. The molecule has 0 N–H and O–H groups in total. The number of hydrogen-bond acceptors (Lipinski definition) is 1. The Morgan fingerprint density at radius 2 is 1.75 bits per heavy atom. The summed E-state index contributed by atoms with van der Waals surface area (Å²) in [6.07, 6.45) is 7.24. The van der Waals surface area contributed by atoms with Gasteiger partial charge in [0.1, 0.15) is 0 Å². The predicted molar refractivity (Wildman–Crippen MR) is 56.9 cm³/mol. The van der Waals surface area contributed by atoms with Crippen molar-refractivity contribution in [2.24, 2.45) is 10.9 Å². The van der Waals surface area contributed by atoms with Crippen molar-refractivity contribution in [1.29, 1.82) is 0 Å². The van der Waals surface area contributed by atoms with Gasteiger partial charge in [0.15, 0.2) is 0 Å². The zero-order valence-electron chi connectivity index (χ0n) is 9.01. The highest BCUT2D eigenvalue weighted by atomic mass is 14.7. The predicted octanol–water partition coefficient (Wildman–Crippen LogP) is 3.68. The first-order chi connectivity index (χ1) is 5.63. The van der Waals surface area contributed by atoms with E-state index in [1.165, 1.54) is 19.3 Å². The molecule has 0 atom stereocenters. The molecule has 0 rings (SSSR count). The van der Waals surface area contributed by atoms with E-state index in [2.05, 4.69) is 38.9 Å². The van der Waals surface area contributed by atoms with Gasteiger partial charge in [-0.15, -0.1) is 0 Å². The molecule has 0 saturated heterocycles. The zero-order chi connectivity index (χ0) is 9.40. The molecule has 0 heterocycles. The summed E-state index contributed by atoms with van der Waals surface area (Å²) >= 11 is 0. The average Bonchev–Trinajstić information content (AvgIpc) is 1.95. The third kappa shape index (κ3) is 9.67. The van der Waals surface area contributed by atoms with Crippen LogP contribution in [0.5, 0.6) is 0 Å². The maximum atomic E-state index is 4.32. The van der Waals surface area contributed by atoms with Gasteiger partial charge in [0, 0.05) is 6.04 Å². The van der Waals surface area contributed by atoms with Crippen LogP contribution in [0, 0.1) is 5.92 Å². The second kappa shape index (κ2) is 7.33. The van der Waals surface area contributed by atoms with Gasteiger partial charge in [-0.1, -0.05) is 26.7 Å². The van der Waals surface area contributed by atoms with E-state index in [-0.39, 0.29) is 0 Å². The van der Waals surface area contributed by atoms with Gasteiger partial charge in [0.05, 0.1) is 0 Å². The van der Waals surface area contributed by atoms with E-state index in [0.29, 0.717) is 6.04 Å². The van der Waals surface area contributed by atoms with E-state index in [1.807, 2.05) is 0 Å². The number of aliphatic imine (C=N–C) groups is 1. The topological polar surface area (TPSA) is 12.4 Å². The van der Waals surface area contributed by atoms with Gasteiger partial charge in [-0.3, -0.25) is 4.99 Å². The third-order valence-electron chi connectivity index (χ3n) is 1.77. The molecule has 0 radical (unpaired) electrons. The average molecular weight is 169 g/mol. The summed E-state index contributed by atoms with van der Waals surface area (Å²) in [6, 6.07) is 0.468. The Bertz CT molecular complexity index is 114. The normalized spacial score (nSPS) is 12.2. The summed E-state index contributed by atoms with van der Waals surface area (Å²) in [5.74, 6) is 0.854. The molecule has 0 unspecified atom stereocenters. The fourth-order valence-electron chi connectivity index (χ4n) is 1.07. The molecule has 1 heteroatoms. The minimum Gasteiger partial charge on any atom is -0.295 e. The second-order valence-electron chi connectivity index (χ2n) is 4.10. The molecule has 0 bridgehead atoms. The van der Waals surface area contributed by atoms with Crippen LogP contribution in [0.1, 0.15) is 53.4 Å². The van der Waals surface area contributed by atoms with Gasteiger partial charge in [-0.05, 0) is 38.8 Å². The van der Waals surface area contributed by atoms with Crippen molar-refractivity contribution in [3.05, 3.63) is 0 Å². The lowest BCUT2D eigenvalue weighted by molar-refractivity contribution is 0.544. The maximum Gasteiger partial charge on any atom is 0.0439 e. The van der Waals surface area contributed by atoms with Gasteiger partial charge < -0.3 is 0 Å². The Kier molecular flexibility index (Phi) is 7.12. The molecule has 0 amide bonds. The van der Waals surface area contributed by atoms with Crippen molar-refractivity contribution in [2.45, 2.75) is 59.4 Å². The summed E-state index contributed by atoms with van der Waals surface area (Å²) in [6.45, 7) is 8.79. The Morgan fingerprint density at radius 1 is 1.08 bits per heavy atom. The molecular weight excluding hydrogens is 146 g/mol. The van der Waals surface area contributed by atoms with Crippen LogP contribution in [0.15, 0.2) is 4.99 Å². The summed E-state index contributed by atoms with van der Waals surface area (Å²) in [5, 5.41) is 0. The van der Waals surface area contributed by atoms with Crippen molar-refractivity contribution in [1.82, 2.24) is 0 Å². The van der Waals surface area contributed by atoms with Gasteiger partial charge >= 0.3 is 0 Å². The lowest BCUT2D eigenvalue weighted by atomic mass is 10.1. The van der Waals surface area contributed by atoms with Crippen LogP contribution >= 0.6 is 0 Å². The Balaban J connectivity index is 3.11. The van der Waals surface area contributed by atoms with E-state index >= 15 is 0 Å². The lowest BCUT2D eigenvalue weighted by Crippen LogP contribution is -1.90. The molecule has 0 aliphatic carbocycles. The molecule has 72 valence electrons. The molecule has 0 aliphatic heterocycles. The van der Waals surface area contributed by atoms with Crippen LogP contribution in [0.3, 0.4) is 0 Å². The molecule has 0 spiro atoms. The van der Waals surface area contributed by atoms with Crippen molar-refractivity contribution < 1.29 is 0 Å². The Morgan fingerprint density at radius 3 is 2.25 bits per heavy atom. The van der Waals surface area contributed by atoms with Crippen LogP contribution < -0.4 is 0 Å². The first kappa shape index (κ1) is 11.7. The van der Waals surface area contributed by atoms with E-state index in [0.717, 1.165) is 12.3 Å². The van der Waals surface area contributed by atoms with Crippen LogP contribution in [0.25, 0.3) is 0 Å². The molecule has 0 fully saturated rings. The highest BCUT2D eigenvalue weighted by Crippen LogP contribution is 2.06. The number of nitrogens with zero attached hydrogens (tertiary/aromatic N) is 1. The molecule has 0 aromatic rings. The molecule has 0 aliphatic rings. The van der Waals surface area contributed by atoms with Crippen molar-refractivity contribution in [2.75, 3.05) is 0 Å². The summed E-state index contributed by atoms with van der Waals surface area (Å²) in [4.78, 5) is 4.32. The first-order valence-electron chi connectivity index (χ1n) is 5.14. The molecule has 12 heavy (non-hydrogen) atoms. The molecule has 0 saturated carbocycles. The van der Waals surface area contributed by atoms with E-state index < -0.39 is 0 Å². The molecule has 1 nitrogen and oxygen atoms in total. The van der Waals surface area contributed by atoms with Crippen molar-refractivity contribution in [3.8, 4) is 0 Å².